The number of nitrogens with one attached hydrogen (secondary N) is 1. The van der Waals surface area contributed by atoms with Gasteiger partial charge in [0.05, 0.1) is 12.0 Å². The molecule has 2 aromatic rings. The molecular formula is C21H26N2O4S. The minimum absolute atomic E-state index is 0.123. The lowest BCUT2D eigenvalue weighted by Gasteiger charge is -2.24. The van der Waals surface area contributed by atoms with E-state index in [9.17, 15) is 13.2 Å². The Morgan fingerprint density at radius 3 is 2.43 bits per heavy atom. The summed E-state index contributed by atoms with van der Waals surface area (Å²) in [5, 5.41) is 0. The summed E-state index contributed by atoms with van der Waals surface area (Å²) < 4.78 is 33.8. The number of carbonyl (C=O) groups excluding carboxylic acids is 1. The number of aryl methyl sites for hydroxylation is 1. The molecule has 1 aliphatic heterocycles. The monoisotopic (exact) mass is 402 g/mol. The molecule has 7 heteroatoms. The Balaban J connectivity index is 1.86. The van der Waals surface area contributed by atoms with E-state index in [4.69, 9.17) is 4.74 Å². The van der Waals surface area contributed by atoms with Gasteiger partial charge in [0.1, 0.15) is 11.8 Å². The van der Waals surface area contributed by atoms with Crippen LogP contribution in [0.1, 0.15) is 24.0 Å². The van der Waals surface area contributed by atoms with Crippen LogP contribution in [0.5, 0.6) is 5.75 Å². The highest BCUT2D eigenvalue weighted by atomic mass is 32.2. The van der Waals surface area contributed by atoms with Crippen LogP contribution in [0, 0.1) is 6.92 Å². The second kappa shape index (κ2) is 8.75. The van der Waals surface area contributed by atoms with Crippen LogP contribution in [0.4, 0.5) is 0 Å². The number of benzene rings is 2. The molecular weight excluding hydrogens is 376 g/mol. The van der Waals surface area contributed by atoms with Crippen molar-refractivity contribution in [2.75, 3.05) is 20.2 Å². The first-order valence-corrected chi connectivity index (χ1v) is 10.9. The zero-order valence-corrected chi connectivity index (χ0v) is 17.0. The molecule has 150 valence electrons. The highest BCUT2D eigenvalue weighted by molar-refractivity contribution is 7.89. The summed E-state index contributed by atoms with van der Waals surface area (Å²) in [7, 11) is -2.31. The summed E-state index contributed by atoms with van der Waals surface area (Å²) >= 11 is 0. The number of amides is 1. The molecule has 0 saturated carbocycles. The van der Waals surface area contributed by atoms with Crippen molar-refractivity contribution >= 4 is 15.9 Å². The van der Waals surface area contributed by atoms with E-state index in [2.05, 4.69) is 4.72 Å². The lowest BCUT2D eigenvalue weighted by atomic mass is 10.1. The molecule has 1 atom stereocenters. The van der Waals surface area contributed by atoms with Gasteiger partial charge in [0.25, 0.3) is 0 Å². The van der Waals surface area contributed by atoms with Crippen molar-refractivity contribution in [1.29, 1.82) is 0 Å². The number of carbonyl (C=O) groups is 1. The normalized spacial score (nSPS) is 15.4. The standard InChI is InChI=1S/C21H26N2O4S/c1-16-14-18(10-11-20(16)27-2)28(25,26)22-19(15-17-8-4-3-5-9-17)21(24)23-12-6-7-13-23/h3-5,8-11,14,19,22H,6-7,12-13,15H2,1-2H3. The highest BCUT2D eigenvalue weighted by Gasteiger charge is 2.31. The maximum absolute atomic E-state index is 13.0. The number of likely N-dealkylation sites (tertiary alicyclic amines) is 1. The fourth-order valence-electron chi connectivity index (χ4n) is 3.46. The van der Waals surface area contributed by atoms with Gasteiger partial charge in [-0.3, -0.25) is 4.79 Å². The van der Waals surface area contributed by atoms with E-state index in [0.717, 1.165) is 24.0 Å². The quantitative estimate of drug-likeness (QED) is 0.772. The average Bonchev–Trinajstić information content (AvgIpc) is 3.22. The summed E-state index contributed by atoms with van der Waals surface area (Å²) in [6.07, 6.45) is 2.22. The van der Waals surface area contributed by atoms with Crippen LogP contribution in [0.2, 0.25) is 0 Å². The van der Waals surface area contributed by atoms with Crippen LogP contribution in [0.15, 0.2) is 53.4 Å². The smallest absolute Gasteiger partial charge is 0.241 e. The van der Waals surface area contributed by atoms with Gasteiger partial charge in [-0.15, -0.1) is 0 Å². The van der Waals surface area contributed by atoms with E-state index in [1.807, 2.05) is 30.3 Å². The highest BCUT2D eigenvalue weighted by Crippen LogP contribution is 2.22. The van der Waals surface area contributed by atoms with Crippen LogP contribution >= 0.6 is 0 Å². The van der Waals surface area contributed by atoms with E-state index in [0.29, 0.717) is 25.3 Å². The summed E-state index contributed by atoms with van der Waals surface area (Å²) in [6, 6.07) is 13.3. The molecule has 1 N–H and O–H groups in total. The van der Waals surface area contributed by atoms with Crippen molar-refractivity contribution in [3.63, 3.8) is 0 Å². The molecule has 1 aliphatic rings. The lowest BCUT2D eigenvalue weighted by Crippen LogP contribution is -2.48. The third-order valence-electron chi connectivity index (χ3n) is 4.97. The Morgan fingerprint density at radius 2 is 1.82 bits per heavy atom. The zero-order chi connectivity index (χ0) is 20.1. The van der Waals surface area contributed by atoms with Gasteiger partial charge in [0.15, 0.2) is 0 Å². The van der Waals surface area contributed by atoms with E-state index in [-0.39, 0.29) is 10.8 Å². The van der Waals surface area contributed by atoms with Crippen molar-refractivity contribution in [1.82, 2.24) is 9.62 Å². The van der Waals surface area contributed by atoms with E-state index >= 15 is 0 Å². The number of ether oxygens (including phenoxy) is 1. The molecule has 3 rings (SSSR count). The summed E-state index contributed by atoms with van der Waals surface area (Å²) in [5.41, 5.74) is 1.63. The molecule has 1 amide bonds. The van der Waals surface area contributed by atoms with Gasteiger partial charge in [-0.05, 0) is 55.5 Å². The van der Waals surface area contributed by atoms with Crippen LogP contribution in [0.25, 0.3) is 0 Å². The maximum atomic E-state index is 13.0. The maximum Gasteiger partial charge on any atom is 0.241 e. The number of nitrogens with zero attached hydrogens (tertiary/aromatic N) is 1. The Bertz CT molecular complexity index is 923. The number of sulfonamides is 1. The molecule has 0 aromatic heterocycles. The molecule has 1 fully saturated rings. The predicted molar refractivity (Wildman–Crippen MR) is 108 cm³/mol. The average molecular weight is 403 g/mol. The first-order valence-electron chi connectivity index (χ1n) is 9.40. The Kier molecular flexibility index (Phi) is 6.36. The molecule has 1 unspecified atom stereocenters. The SMILES string of the molecule is COc1ccc(S(=O)(=O)NC(Cc2ccccc2)C(=O)N2CCCC2)cc1C. The van der Waals surface area contributed by atoms with Crippen molar-refractivity contribution in [2.45, 2.75) is 37.1 Å². The van der Waals surface area contributed by atoms with Gasteiger partial charge >= 0.3 is 0 Å². The van der Waals surface area contributed by atoms with Crippen LogP contribution in [-0.4, -0.2) is 45.5 Å². The third kappa shape index (κ3) is 4.72. The molecule has 1 heterocycles. The number of rotatable bonds is 7. The van der Waals surface area contributed by atoms with Gasteiger partial charge in [0.2, 0.25) is 15.9 Å². The number of methoxy groups -OCH3 is 1. The van der Waals surface area contributed by atoms with E-state index in [1.165, 1.54) is 6.07 Å². The van der Waals surface area contributed by atoms with E-state index in [1.54, 1.807) is 31.1 Å². The van der Waals surface area contributed by atoms with Gasteiger partial charge < -0.3 is 9.64 Å². The molecule has 1 saturated heterocycles. The predicted octanol–water partition coefficient (Wildman–Crippen LogP) is 2.52. The van der Waals surface area contributed by atoms with E-state index < -0.39 is 16.1 Å². The van der Waals surface area contributed by atoms with Crippen molar-refractivity contribution in [2.24, 2.45) is 0 Å². The minimum atomic E-state index is -3.85. The van der Waals surface area contributed by atoms with Gasteiger partial charge in [0, 0.05) is 13.1 Å². The number of hydrogen-bond acceptors (Lipinski definition) is 4. The zero-order valence-electron chi connectivity index (χ0n) is 16.2. The fourth-order valence-corrected chi connectivity index (χ4v) is 4.73. The summed E-state index contributed by atoms with van der Waals surface area (Å²) in [5.74, 6) is 0.447. The Labute approximate surface area is 166 Å². The topological polar surface area (TPSA) is 75.7 Å². The molecule has 0 aliphatic carbocycles. The third-order valence-corrected chi connectivity index (χ3v) is 6.44. The Hall–Kier alpha value is -2.38. The fraction of sp³-hybridized carbons (Fsp3) is 0.381. The molecule has 0 bridgehead atoms. The molecule has 6 nitrogen and oxygen atoms in total. The second-order valence-corrected chi connectivity index (χ2v) is 8.74. The first kappa shape index (κ1) is 20.4. The number of hydrogen-bond donors (Lipinski definition) is 1. The Morgan fingerprint density at radius 1 is 1.14 bits per heavy atom. The van der Waals surface area contributed by atoms with Gasteiger partial charge in [-0.1, -0.05) is 30.3 Å². The van der Waals surface area contributed by atoms with Crippen molar-refractivity contribution < 1.29 is 17.9 Å². The van der Waals surface area contributed by atoms with Crippen molar-refractivity contribution in [3.05, 3.63) is 59.7 Å². The second-order valence-electron chi connectivity index (χ2n) is 7.03. The molecule has 2 aromatic carbocycles. The van der Waals surface area contributed by atoms with Crippen LogP contribution < -0.4 is 9.46 Å². The lowest BCUT2D eigenvalue weighted by molar-refractivity contribution is -0.131. The largest absolute Gasteiger partial charge is 0.496 e. The molecule has 0 spiro atoms. The van der Waals surface area contributed by atoms with Crippen LogP contribution in [0.3, 0.4) is 0 Å². The molecule has 28 heavy (non-hydrogen) atoms. The summed E-state index contributed by atoms with van der Waals surface area (Å²) in [6.45, 7) is 3.13. The van der Waals surface area contributed by atoms with Gasteiger partial charge in [-0.25, -0.2) is 8.42 Å². The van der Waals surface area contributed by atoms with Crippen LogP contribution in [-0.2, 0) is 21.2 Å². The summed E-state index contributed by atoms with van der Waals surface area (Å²) in [4.78, 5) is 14.9. The minimum Gasteiger partial charge on any atom is -0.496 e. The van der Waals surface area contributed by atoms with Crippen molar-refractivity contribution in [3.8, 4) is 5.75 Å². The molecule has 0 radical (unpaired) electrons. The van der Waals surface area contributed by atoms with Gasteiger partial charge in [-0.2, -0.15) is 4.72 Å². The first-order chi connectivity index (χ1) is 13.4.